The molecule has 0 bridgehead atoms. The van der Waals surface area contributed by atoms with E-state index in [4.69, 9.17) is 29.8 Å². The molecule has 2 unspecified atom stereocenters. The van der Waals surface area contributed by atoms with Crippen molar-refractivity contribution in [2.24, 2.45) is 0 Å². The molecular formula is C24H33ClN3O9P. The Labute approximate surface area is 227 Å². The number of hydrogen-bond donors (Lipinski definition) is 2. The van der Waals surface area contributed by atoms with Gasteiger partial charge in [0.2, 0.25) is 0 Å². The molecule has 0 aliphatic rings. The van der Waals surface area contributed by atoms with Crippen LogP contribution >= 0.6 is 20.1 Å². The maximum atomic E-state index is 12.0. The number of amides is 1. The Hall–Kier alpha value is -2.92. The first-order valence-electron chi connectivity index (χ1n) is 11.8. The van der Waals surface area contributed by atoms with Gasteiger partial charge in [-0.25, -0.2) is 14.3 Å². The number of carboxylic acids is 1. The minimum Gasteiger partial charge on any atom is -0.480 e. The van der Waals surface area contributed by atoms with Crippen LogP contribution in [0.15, 0.2) is 40.8 Å². The lowest BCUT2D eigenvalue weighted by atomic mass is 10.1. The van der Waals surface area contributed by atoms with Gasteiger partial charge in [-0.2, -0.15) is 0 Å². The van der Waals surface area contributed by atoms with Gasteiger partial charge in [0.25, 0.3) is 0 Å². The highest BCUT2D eigenvalue weighted by Gasteiger charge is 2.25. The maximum absolute atomic E-state index is 12.0. The topological polar surface area (TPSA) is 154 Å². The number of carbonyl (C=O) groups is 2. The number of nitro groups is 1. The first-order chi connectivity index (χ1) is 17.9. The number of rotatable bonds is 15. The van der Waals surface area contributed by atoms with Gasteiger partial charge >= 0.3 is 26.5 Å². The standard InChI is InChI=1S/C24H33ClN3O9P/c1-24(2,3)36-23(31)26-20(22(29)30)15-17-7-9-18(10-8-17)37-38(27(4)14-6-5-13-25)34-16-19-11-12-21(35-19)28(32)33/h7-12,20H,5-6,13-16H2,1-4H3,(H,26,31)(H,29,30). The van der Waals surface area contributed by atoms with E-state index in [0.29, 0.717) is 23.7 Å². The number of alkyl carbamates (subject to hydrolysis) is 1. The van der Waals surface area contributed by atoms with Crippen molar-refractivity contribution in [3.63, 3.8) is 0 Å². The highest BCUT2D eigenvalue weighted by molar-refractivity contribution is 7.44. The van der Waals surface area contributed by atoms with Crippen LogP contribution in [0, 0.1) is 10.1 Å². The molecule has 1 aromatic heterocycles. The second-order valence-electron chi connectivity index (χ2n) is 9.26. The number of unbranched alkanes of at least 4 members (excludes halogenated alkanes) is 1. The molecule has 0 fully saturated rings. The normalized spacial score (nSPS) is 13.1. The Bertz CT molecular complexity index is 1060. The molecule has 0 spiro atoms. The minimum atomic E-state index is -1.61. The van der Waals surface area contributed by atoms with E-state index in [1.807, 2.05) is 11.7 Å². The fraction of sp³-hybridized carbons (Fsp3) is 0.500. The van der Waals surface area contributed by atoms with E-state index in [0.717, 1.165) is 12.8 Å². The molecule has 2 N–H and O–H groups in total. The number of aliphatic carboxylic acids is 1. The average molecular weight is 574 g/mol. The summed E-state index contributed by atoms with van der Waals surface area (Å²) in [5.41, 5.74) is -0.0978. The minimum absolute atomic E-state index is 0.0336. The van der Waals surface area contributed by atoms with Crippen LogP contribution in [0.4, 0.5) is 10.7 Å². The third-order valence-corrected chi connectivity index (χ3v) is 6.57. The smallest absolute Gasteiger partial charge is 0.433 e. The third-order valence-electron chi connectivity index (χ3n) is 4.82. The fourth-order valence-electron chi connectivity index (χ4n) is 3.03. The first-order valence-corrected chi connectivity index (χ1v) is 13.5. The van der Waals surface area contributed by atoms with Crippen molar-refractivity contribution in [1.29, 1.82) is 0 Å². The predicted octanol–water partition coefficient (Wildman–Crippen LogP) is 5.48. The number of alkyl halides is 1. The molecule has 0 saturated carbocycles. The van der Waals surface area contributed by atoms with Crippen molar-refractivity contribution >= 4 is 38.1 Å². The number of carbonyl (C=O) groups excluding carboxylic acids is 1. The maximum Gasteiger partial charge on any atom is 0.433 e. The first kappa shape index (κ1) is 31.3. The van der Waals surface area contributed by atoms with Crippen LogP contribution in [0.25, 0.3) is 0 Å². The molecule has 0 saturated heterocycles. The zero-order valence-corrected chi connectivity index (χ0v) is 23.4. The number of nitrogens with zero attached hydrogens (tertiary/aromatic N) is 2. The number of furan rings is 1. The molecule has 1 amide bonds. The average Bonchev–Trinajstić information content (AvgIpc) is 3.30. The van der Waals surface area contributed by atoms with E-state index in [2.05, 4.69) is 5.32 Å². The summed E-state index contributed by atoms with van der Waals surface area (Å²) in [5, 5.41) is 22.8. The van der Waals surface area contributed by atoms with E-state index < -0.39 is 37.2 Å². The van der Waals surface area contributed by atoms with Crippen molar-refractivity contribution in [3.05, 3.63) is 57.8 Å². The lowest BCUT2D eigenvalue weighted by molar-refractivity contribution is -0.402. The fourth-order valence-corrected chi connectivity index (χ4v) is 4.46. The number of nitrogens with one attached hydrogen (secondary N) is 1. The number of ether oxygens (including phenoxy) is 1. The van der Waals surface area contributed by atoms with Gasteiger partial charge in [-0.1, -0.05) is 12.1 Å². The van der Waals surface area contributed by atoms with Gasteiger partial charge in [0, 0.05) is 18.8 Å². The summed E-state index contributed by atoms with van der Waals surface area (Å²) in [6.45, 7) is 5.67. The number of hydrogen-bond acceptors (Lipinski definition) is 9. The number of halogens is 1. The highest BCUT2D eigenvalue weighted by Crippen LogP contribution is 2.43. The summed E-state index contributed by atoms with van der Waals surface area (Å²) >= 11 is 5.78. The summed E-state index contributed by atoms with van der Waals surface area (Å²) in [6, 6.07) is 8.28. The van der Waals surface area contributed by atoms with Crippen LogP contribution < -0.4 is 9.84 Å². The molecule has 14 heteroatoms. The van der Waals surface area contributed by atoms with Gasteiger partial charge < -0.3 is 28.6 Å². The predicted molar refractivity (Wildman–Crippen MR) is 141 cm³/mol. The SMILES string of the molecule is CN(CCCCCl)P(OCc1ccc([N+](=O)[O-])o1)Oc1ccc(CC(NC(=O)OC(C)(C)C)C(=O)O)cc1. The number of carboxylic acid groups (broad SMARTS) is 1. The molecule has 1 heterocycles. The van der Waals surface area contributed by atoms with E-state index in [1.54, 1.807) is 45.0 Å². The van der Waals surface area contributed by atoms with Gasteiger partial charge in [-0.3, -0.25) is 10.1 Å². The van der Waals surface area contributed by atoms with Gasteiger partial charge in [0.05, 0.1) is 6.07 Å². The second-order valence-corrected chi connectivity index (χ2v) is 11.2. The quantitative estimate of drug-likeness (QED) is 0.0919. The molecule has 1 aromatic carbocycles. The van der Waals surface area contributed by atoms with Crippen LogP contribution in [0.5, 0.6) is 5.75 Å². The Morgan fingerprint density at radius 2 is 1.89 bits per heavy atom. The summed E-state index contributed by atoms with van der Waals surface area (Å²) in [7, 11) is 0.218. The van der Waals surface area contributed by atoms with E-state index in [1.165, 1.54) is 12.1 Å². The van der Waals surface area contributed by atoms with Crippen molar-refractivity contribution in [2.45, 2.75) is 58.3 Å². The summed E-state index contributed by atoms with van der Waals surface area (Å²) in [5.74, 6) is -0.271. The van der Waals surface area contributed by atoms with Crippen LogP contribution in [-0.2, 0) is 27.1 Å². The van der Waals surface area contributed by atoms with Crippen molar-refractivity contribution < 1.29 is 37.8 Å². The number of benzene rings is 1. The largest absolute Gasteiger partial charge is 0.480 e. The van der Waals surface area contributed by atoms with Gasteiger partial charge in [-0.15, -0.1) is 11.6 Å². The highest BCUT2D eigenvalue weighted by atomic mass is 35.5. The summed E-state index contributed by atoms with van der Waals surface area (Å²) in [4.78, 5) is 33.9. The molecule has 0 aliphatic heterocycles. The molecule has 2 rings (SSSR count). The van der Waals surface area contributed by atoms with Crippen LogP contribution in [0.2, 0.25) is 0 Å². The Morgan fingerprint density at radius 1 is 1.21 bits per heavy atom. The van der Waals surface area contributed by atoms with Crippen LogP contribution in [0.1, 0.15) is 44.9 Å². The van der Waals surface area contributed by atoms with Gasteiger partial charge in [0.1, 0.15) is 34.7 Å². The zero-order valence-electron chi connectivity index (χ0n) is 21.7. The van der Waals surface area contributed by atoms with Crippen molar-refractivity contribution in [3.8, 4) is 5.75 Å². The molecule has 2 aromatic rings. The molecule has 2 atom stereocenters. The van der Waals surface area contributed by atoms with E-state index >= 15 is 0 Å². The third kappa shape index (κ3) is 11.2. The molecule has 0 aliphatic carbocycles. The van der Waals surface area contributed by atoms with Crippen molar-refractivity contribution in [1.82, 2.24) is 9.99 Å². The van der Waals surface area contributed by atoms with E-state index in [9.17, 15) is 24.8 Å². The van der Waals surface area contributed by atoms with Crippen molar-refractivity contribution in [2.75, 3.05) is 19.5 Å². The summed E-state index contributed by atoms with van der Waals surface area (Å²) in [6.07, 6.45) is 0.857. The van der Waals surface area contributed by atoms with Gasteiger partial charge in [-0.05, 0) is 64.4 Å². The monoisotopic (exact) mass is 573 g/mol. The Morgan fingerprint density at radius 3 is 2.45 bits per heavy atom. The molecule has 38 heavy (non-hydrogen) atoms. The Balaban J connectivity index is 2.05. The summed E-state index contributed by atoms with van der Waals surface area (Å²) < 4.78 is 24.2. The van der Waals surface area contributed by atoms with Crippen LogP contribution in [0.3, 0.4) is 0 Å². The Kier molecular flexibility index (Phi) is 12.2. The second kappa shape index (κ2) is 14.9. The van der Waals surface area contributed by atoms with E-state index in [-0.39, 0.29) is 24.7 Å². The van der Waals surface area contributed by atoms with Gasteiger partial charge in [0.15, 0.2) is 0 Å². The molecule has 0 radical (unpaired) electrons. The zero-order chi connectivity index (χ0) is 28.3. The lowest BCUT2D eigenvalue weighted by Crippen LogP contribution is -2.44. The van der Waals surface area contributed by atoms with Crippen LogP contribution in [-0.4, -0.2) is 57.9 Å². The molecular weight excluding hydrogens is 541 g/mol. The molecule has 12 nitrogen and oxygen atoms in total. The lowest BCUT2D eigenvalue weighted by Gasteiger charge is -2.26. The molecule has 210 valence electrons.